The summed E-state index contributed by atoms with van der Waals surface area (Å²) in [6, 6.07) is 15.1. The molecule has 2 aromatic rings. The Hall–Kier alpha value is -2.73. The first kappa shape index (κ1) is 27.5. The van der Waals surface area contributed by atoms with Gasteiger partial charge in [0, 0.05) is 11.3 Å². The molecule has 0 atom stereocenters. The van der Waals surface area contributed by atoms with E-state index in [-0.39, 0.29) is 0 Å². The zero-order valence-electron chi connectivity index (χ0n) is 22.6. The molecule has 0 N–H and O–H groups in total. The Labute approximate surface area is 208 Å². The van der Waals surface area contributed by atoms with Crippen molar-refractivity contribution in [2.24, 2.45) is 15.6 Å². The summed E-state index contributed by atoms with van der Waals surface area (Å²) in [6.07, 6.45) is 8.61. The first-order valence-electron chi connectivity index (χ1n) is 12.9. The molecule has 2 aliphatic rings. The summed E-state index contributed by atoms with van der Waals surface area (Å²) in [5, 5.41) is 17.3. The van der Waals surface area contributed by atoms with Crippen LogP contribution >= 0.6 is 0 Å². The minimum absolute atomic E-state index is 0.431. The highest BCUT2D eigenvalue weighted by Gasteiger charge is 2.39. The molecule has 1 fully saturated rings. The highest BCUT2D eigenvalue weighted by molar-refractivity contribution is 6.01. The van der Waals surface area contributed by atoms with Crippen molar-refractivity contribution in [3.05, 3.63) is 69.8 Å². The number of aryl methyl sites for hydroxylation is 1. The molecule has 34 heavy (non-hydrogen) atoms. The largest absolute Gasteiger partial charge is 0.192 e. The van der Waals surface area contributed by atoms with Crippen molar-refractivity contribution in [2.75, 3.05) is 0 Å². The number of nitriles is 1. The minimum Gasteiger partial charge on any atom is -0.192 e. The van der Waals surface area contributed by atoms with E-state index in [4.69, 9.17) is 5.26 Å². The highest BCUT2D eigenvalue weighted by atomic mass is 15.2. The van der Waals surface area contributed by atoms with E-state index >= 15 is 0 Å². The molecule has 0 amide bonds. The van der Waals surface area contributed by atoms with Gasteiger partial charge in [0.1, 0.15) is 0 Å². The molecule has 0 saturated heterocycles. The fourth-order valence-electron chi connectivity index (χ4n) is 4.99. The van der Waals surface area contributed by atoms with E-state index in [2.05, 4.69) is 55.2 Å². The Morgan fingerprint density at radius 1 is 0.912 bits per heavy atom. The summed E-state index contributed by atoms with van der Waals surface area (Å²) >= 11 is 0. The van der Waals surface area contributed by atoms with Crippen molar-refractivity contribution in [1.82, 2.24) is 0 Å². The van der Waals surface area contributed by atoms with Crippen molar-refractivity contribution in [3.63, 3.8) is 0 Å². The number of fused-ring (bicyclic) bond motifs is 1. The summed E-state index contributed by atoms with van der Waals surface area (Å²) in [6.45, 7) is 16.1. The third kappa shape index (κ3) is 7.13. The first-order valence-corrected chi connectivity index (χ1v) is 12.9. The van der Waals surface area contributed by atoms with Gasteiger partial charge >= 0.3 is 0 Å². The number of hydrogen-bond donors (Lipinski definition) is 0. The zero-order valence-corrected chi connectivity index (χ0v) is 22.6. The van der Waals surface area contributed by atoms with Crippen LogP contribution in [-0.2, 0) is 12.8 Å². The summed E-state index contributed by atoms with van der Waals surface area (Å²) in [7, 11) is 0. The summed E-state index contributed by atoms with van der Waals surface area (Å²) in [5.41, 5.74) is 9.79. The first-order chi connectivity index (χ1) is 16.2. The zero-order chi connectivity index (χ0) is 25.3. The second-order valence-corrected chi connectivity index (χ2v) is 10.1. The smallest absolute Gasteiger partial charge is 0.0998 e. The van der Waals surface area contributed by atoms with Gasteiger partial charge < -0.3 is 0 Å². The van der Waals surface area contributed by atoms with Gasteiger partial charge in [0.25, 0.3) is 0 Å². The molecule has 0 aliphatic heterocycles. The highest BCUT2D eigenvalue weighted by Crippen LogP contribution is 2.48. The van der Waals surface area contributed by atoms with Gasteiger partial charge in [-0.1, -0.05) is 70.4 Å². The molecular weight excluding hydrogens is 414 g/mol. The molecule has 0 bridgehead atoms. The maximum Gasteiger partial charge on any atom is 0.0998 e. The average molecular weight is 458 g/mol. The topological polar surface area (TPSA) is 48.5 Å². The molecule has 182 valence electrons. The molecule has 1 spiro atoms. The fraction of sp³-hybridized carbons (Fsp3) is 0.516. The van der Waals surface area contributed by atoms with Gasteiger partial charge in [0.15, 0.2) is 0 Å². The van der Waals surface area contributed by atoms with E-state index in [1.807, 2.05) is 52.8 Å². The monoisotopic (exact) mass is 457 g/mol. The lowest BCUT2D eigenvalue weighted by Gasteiger charge is -2.21. The van der Waals surface area contributed by atoms with E-state index < -0.39 is 0 Å². The number of rotatable bonds is 3. The molecule has 1 saturated carbocycles. The van der Waals surface area contributed by atoms with Gasteiger partial charge in [0.2, 0.25) is 0 Å². The van der Waals surface area contributed by atoms with E-state index in [0.717, 1.165) is 17.0 Å². The van der Waals surface area contributed by atoms with Gasteiger partial charge in [0.05, 0.1) is 17.3 Å². The maximum atomic E-state index is 9.13. The van der Waals surface area contributed by atoms with Crippen LogP contribution in [0.4, 0.5) is 0 Å². The number of hydrogen-bond acceptors (Lipinski definition) is 3. The lowest BCUT2D eigenvalue weighted by molar-refractivity contribution is 0.318. The Balaban J connectivity index is 0.000000228. The van der Waals surface area contributed by atoms with Crippen LogP contribution in [0.5, 0.6) is 0 Å². The van der Waals surface area contributed by atoms with Crippen LogP contribution in [0.3, 0.4) is 0 Å². The van der Waals surface area contributed by atoms with Crippen LogP contribution in [0.25, 0.3) is 0 Å². The lowest BCUT2D eigenvalue weighted by Crippen LogP contribution is -2.15. The van der Waals surface area contributed by atoms with E-state index in [9.17, 15) is 0 Å². The molecular formula is C31H43N3. The SMILES string of the molecule is CC.CC(C)=N/N=C(\C)c1cc(C(C)C)ccc1C#N.Cc1ccc2c(c1)CC1(CCCC1)C2. The number of benzene rings is 2. The second kappa shape index (κ2) is 12.7. The standard InChI is InChI=1S/C15H19N3.C14H18.C2H6/c1-10(2)13-6-7-14(9-16)15(8-13)12(5)18-17-11(3)4;1-11-4-5-12-9-14(6-2-3-7-14)10-13(12)8-11;1-2/h6-8,10H,1-5H3;4-5,8H,2-3,6-7,9-10H2,1H3;1-2H3/b18-12+;;. The van der Waals surface area contributed by atoms with Gasteiger partial charge in [-0.3, -0.25) is 0 Å². The maximum absolute atomic E-state index is 9.13. The Morgan fingerprint density at radius 3 is 2.15 bits per heavy atom. The molecule has 4 rings (SSSR count). The molecule has 0 radical (unpaired) electrons. The third-order valence-electron chi connectivity index (χ3n) is 6.78. The minimum atomic E-state index is 0.431. The van der Waals surface area contributed by atoms with E-state index in [0.29, 0.717) is 16.9 Å². The van der Waals surface area contributed by atoms with Crippen molar-refractivity contribution in [2.45, 2.75) is 99.8 Å². The van der Waals surface area contributed by atoms with Crippen LogP contribution < -0.4 is 0 Å². The molecule has 2 aromatic carbocycles. The average Bonchev–Trinajstić information content (AvgIpc) is 3.43. The Morgan fingerprint density at radius 2 is 1.56 bits per heavy atom. The fourth-order valence-corrected chi connectivity index (χ4v) is 4.99. The van der Waals surface area contributed by atoms with Gasteiger partial charge in [-0.25, -0.2) is 0 Å². The Bertz CT molecular complexity index is 1060. The van der Waals surface area contributed by atoms with Crippen molar-refractivity contribution >= 4 is 11.4 Å². The normalized spacial score (nSPS) is 15.6. The number of nitrogens with zero attached hydrogens (tertiary/aromatic N) is 3. The summed E-state index contributed by atoms with van der Waals surface area (Å²) in [5.74, 6) is 0.431. The van der Waals surface area contributed by atoms with Crippen molar-refractivity contribution < 1.29 is 0 Å². The Kier molecular flexibility index (Phi) is 10.2. The summed E-state index contributed by atoms with van der Waals surface area (Å²) < 4.78 is 0. The third-order valence-corrected chi connectivity index (χ3v) is 6.78. The van der Waals surface area contributed by atoms with Crippen molar-refractivity contribution in [3.8, 4) is 6.07 Å². The molecule has 0 heterocycles. The van der Waals surface area contributed by atoms with Crippen LogP contribution in [0.2, 0.25) is 0 Å². The quantitative estimate of drug-likeness (QED) is 0.336. The van der Waals surface area contributed by atoms with Gasteiger partial charge in [-0.2, -0.15) is 15.5 Å². The molecule has 0 aromatic heterocycles. The van der Waals surface area contributed by atoms with E-state index in [1.54, 1.807) is 11.1 Å². The van der Waals surface area contributed by atoms with Gasteiger partial charge in [-0.05, 0) is 93.5 Å². The second-order valence-electron chi connectivity index (χ2n) is 10.1. The van der Waals surface area contributed by atoms with Crippen LogP contribution in [0.1, 0.15) is 113 Å². The molecule has 3 heteroatoms. The lowest BCUT2D eigenvalue weighted by atomic mass is 9.83. The van der Waals surface area contributed by atoms with Crippen LogP contribution in [0.15, 0.2) is 46.6 Å². The molecule has 3 nitrogen and oxygen atoms in total. The predicted molar refractivity (Wildman–Crippen MR) is 147 cm³/mol. The van der Waals surface area contributed by atoms with Crippen LogP contribution in [-0.4, -0.2) is 11.4 Å². The van der Waals surface area contributed by atoms with E-state index in [1.165, 1.54) is 49.7 Å². The van der Waals surface area contributed by atoms with Crippen LogP contribution in [0, 0.1) is 23.7 Å². The predicted octanol–water partition coefficient (Wildman–Crippen LogP) is 8.57. The molecule has 0 unspecified atom stereocenters. The van der Waals surface area contributed by atoms with Gasteiger partial charge in [-0.15, -0.1) is 0 Å². The summed E-state index contributed by atoms with van der Waals surface area (Å²) in [4.78, 5) is 0. The van der Waals surface area contributed by atoms with Crippen molar-refractivity contribution in [1.29, 1.82) is 5.26 Å². The molecule has 2 aliphatic carbocycles.